The minimum Gasteiger partial charge on any atom is -0.353 e. The Hall–Kier alpha value is -1.32. The zero-order chi connectivity index (χ0) is 11.8. The molecule has 0 fully saturated rings. The van der Waals surface area contributed by atoms with Gasteiger partial charge in [0.05, 0.1) is 12.4 Å². The molecule has 0 bridgehead atoms. The van der Waals surface area contributed by atoms with Crippen LogP contribution < -0.4 is 5.32 Å². The number of aryl methyl sites for hydroxylation is 1. The molecule has 3 rings (SSSR count). The molecule has 0 amide bonds. The fourth-order valence-corrected chi connectivity index (χ4v) is 3.37. The van der Waals surface area contributed by atoms with Gasteiger partial charge in [-0.3, -0.25) is 4.99 Å². The van der Waals surface area contributed by atoms with Crippen LogP contribution in [0.3, 0.4) is 0 Å². The molecule has 0 saturated carbocycles. The lowest BCUT2D eigenvalue weighted by molar-refractivity contribution is 0.890. The van der Waals surface area contributed by atoms with Gasteiger partial charge in [-0.25, -0.2) is 0 Å². The van der Waals surface area contributed by atoms with Gasteiger partial charge >= 0.3 is 0 Å². The maximum atomic E-state index is 6.07. The first-order chi connectivity index (χ1) is 8.25. The van der Waals surface area contributed by atoms with Gasteiger partial charge in [0.25, 0.3) is 0 Å². The number of nitrogens with zero attached hydrogens (tertiary/aromatic N) is 1. The Kier molecular flexibility index (Phi) is 2.65. The number of halogens is 1. The first-order valence-corrected chi connectivity index (χ1v) is 6.58. The Morgan fingerprint density at radius 3 is 3.06 bits per heavy atom. The Labute approximate surface area is 109 Å². The van der Waals surface area contributed by atoms with E-state index in [1.165, 1.54) is 20.5 Å². The second-order valence-electron chi connectivity index (χ2n) is 3.96. The van der Waals surface area contributed by atoms with Crippen LogP contribution in [0, 0.1) is 6.92 Å². The van der Waals surface area contributed by atoms with E-state index in [0.29, 0.717) is 0 Å². The van der Waals surface area contributed by atoms with Gasteiger partial charge in [-0.05, 0) is 36.6 Å². The second kappa shape index (κ2) is 4.17. The molecule has 2 heterocycles. The van der Waals surface area contributed by atoms with Crippen LogP contribution >= 0.6 is 22.9 Å². The quantitative estimate of drug-likeness (QED) is 0.824. The number of thiophene rings is 1. The maximum Gasteiger partial charge on any atom is 0.0981 e. The van der Waals surface area contributed by atoms with Gasteiger partial charge in [-0.2, -0.15) is 0 Å². The fraction of sp³-hybridized carbons (Fsp3) is 0.154. The molecule has 1 aromatic heterocycles. The van der Waals surface area contributed by atoms with Crippen molar-refractivity contribution in [2.75, 3.05) is 0 Å². The van der Waals surface area contributed by atoms with Gasteiger partial charge in [0.1, 0.15) is 0 Å². The van der Waals surface area contributed by atoms with Crippen LogP contribution in [0.4, 0.5) is 0 Å². The standard InChI is InChI=1S/C13H11ClN2S/c1-8-13(11-4-5-15-7-16-11)10-6-9(14)2-3-12(10)17-8/h2-7,11H,1H3,(H,15,16). The van der Waals surface area contributed by atoms with Crippen molar-refractivity contribution in [2.24, 2.45) is 4.99 Å². The van der Waals surface area contributed by atoms with E-state index >= 15 is 0 Å². The van der Waals surface area contributed by atoms with Crippen LogP contribution in [0.1, 0.15) is 16.5 Å². The summed E-state index contributed by atoms with van der Waals surface area (Å²) < 4.78 is 1.27. The third-order valence-corrected chi connectivity index (χ3v) is 4.19. The molecule has 1 aliphatic heterocycles. The highest BCUT2D eigenvalue weighted by molar-refractivity contribution is 7.19. The third-order valence-electron chi connectivity index (χ3n) is 2.85. The summed E-state index contributed by atoms with van der Waals surface area (Å²) in [6.45, 7) is 2.14. The lowest BCUT2D eigenvalue weighted by Gasteiger charge is -2.12. The average molecular weight is 263 g/mol. The van der Waals surface area contributed by atoms with E-state index in [2.05, 4.69) is 29.4 Å². The van der Waals surface area contributed by atoms with Crippen LogP contribution in [0.2, 0.25) is 5.02 Å². The first-order valence-electron chi connectivity index (χ1n) is 5.38. The lowest BCUT2D eigenvalue weighted by atomic mass is 10.0. The molecule has 1 aromatic carbocycles. The summed E-state index contributed by atoms with van der Waals surface area (Å²) in [4.78, 5) is 5.76. The molecule has 1 unspecified atom stereocenters. The number of aliphatic imine (C=N–C) groups is 1. The summed E-state index contributed by atoms with van der Waals surface area (Å²) in [6.07, 6.45) is 5.72. The van der Waals surface area contributed by atoms with Crippen LogP contribution in [-0.2, 0) is 0 Å². The third kappa shape index (κ3) is 1.85. The minimum atomic E-state index is 0.100. The summed E-state index contributed by atoms with van der Waals surface area (Å²) in [6, 6.07) is 6.14. The van der Waals surface area contributed by atoms with Crippen molar-refractivity contribution in [3.05, 3.63) is 45.9 Å². The van der Waals surface area contributed by atoms with Crippen molar-refractivity contribution in [1.29, 1.82) is 0 Å². The van der Waals surface area contributed by atoms with E-state index in [-0.39, 0.29) is 6.04 Å². The van der Waals surface area contributed by atoms with Gasteiger partial charge in [0.15, 0.2) is 0 Å². The SMILES string of the molecule is Cc1sc2ccc(Cl)cc2c1C1C=CNC=N1. The van der Waals surface area contributed by atoms with Crippen molar-refractivity contribution in [3.63, 3.8) is 0 Å². The number of nitrogens with one attached hydrogen (secondary N) is 1. The van der Waals surface area contributed by atoms with Crippen molar-refractivity contribution >= 4 is 39.4 Å². The van der Waals surface area contributed by atoms with Gasteiger partial charge in [-0.1, -0.05) is 11.6 Å². The Bertz CT molecular complexity index is 616. The molecular weight excluding hydrogens is 252 g/mol. The van der Waals surface area contributed by atoms with E-state index in [1.807, 2.05) is 18.3 Å². The van der Waals surface area contributed by atoms with Crippen LogP contribution in [0.5, 0.6) is 0 Å². The fourth-order valence-electron chi connectivity index (χ4n) is 2.11. The van der Waals surface area contributed by atoms with Crippen LogP contribution in [0.25, 0.3) is 10.1 Å². The van der Waals surface area contributed by atoms with Crippen molar-refractivity contribution in [2.45, 2.75) is 13.0 Å². The van der Waals surface area contributed by atoms with Crippen LogP contribution in [0.15, 0.2) is 35.5 Å². The predicted octanol–water partition coefficient (Wildman–Crippen LogP) is 4.05. The normalized spacial score (nSPS) is 18.6. The van der Waals surface area contributed by atoms with Crippen molar-refractivity contribution < 1.29 is 0 Å². The van der Waals surface area contributed by atoms with E-state index in [1.54, 1.807) is 17.7 Å². The molecular formula is C13H11ClN2S. The van der Waals surface area contributed by atoms with E-state index in [9.17, 15) is 0 Å². The molecule has 0 radical (unpaired) electrons. The monoisotopic (exact) mass is 262 g/mol. The molecule has 4 heteroatoms. The Morgan fingerprint density at radius 1 is 1.41 bits per heavy atom. The zero-order valence-electron chi connectivity index (χ0n) is 9.27. The predicted molar refractivity (Wildman–Crippen MR) is 75.1 cm³/mol. The van der Waals surface area contributed by atoms with Crippen molar-refractivity contribution in [3.8, 4) is 0 Å². The lowest BCUT2D eigenvalue weighted by Crippen LogP contribution is -2.08. The summed E-state index contributed by atoms with van der Waals surface area (Å²) in [7, 11) is 0. The van der Waals surface area contributed by atoms with Gasteiger partial charge in [-0.15, -0.1) is 11.3 Å². The van der Waals surface area contributed by atoms with Gasteiger partial charge in [0.2, 0.25) is 0 Å². The maximum absolute atomic E-state index is 6.07. The number of hydrogen-bond acceptors (Lipinski definition) is 3. The molecule has 2 nitrogen and oxygen atoms in total. The molecule has 1 aliphatic rings. The topological polar surface area (TPSA) is 24.4 Å². The Balaban J connectivity index is 2.23. The second-order valence-corrected chi connectivity index (χ2v) is 5.65. The van der Waals surface area contributed by atoms with Gasteiger partial charge < -0.3 is 5.32 Å². The largest absolute Gasteiger partial charge is 0.353 e. The summed E-state index contributed by atoms with van der Waals surface area (Å²) in [5.41, 5.74) is 1.27. The zero-order valence-corrected chi connectivity index (χ0v) is 10.8. The van der Waals surface area contributed by atoms with E-state index < -0.39 is 0 Å². The Morgan fingerprint density at radius 2 is 2.29 bits per heavy atom. The number of fused-ring (bicyclic) bond motifs is 1. The van der Waals surface area contributed by atoms with Crippen LogP contribution in [-0.4, -0.2) is 6.34 Å². The molecule has 2 aromatic rings. The summed E-state index contributed by atoms with van der Waals surface area (Å²) in [5, 5.41) is 4.95. The highest BCUT2D eigenvalue weighted by Gasteiger charge is 2.17. The minimum absolute atomic E-state index is 0.100. The number of benzene rings is 1. The van der Waals surface area contributed by atoms with Gasteiger partial charge in [0, 0.05) is 26.4 Å². The molecule has 1 N–H and O–H groups in total. The van der Waals surface area contributed by atoms with E-state index in [4.69, 9.17) is 11.6 Å². The molecule has 0 saturated heterocycles. The number of hydrogen-bond donors (Lipinski definition) is 1. The molecule has 0 aliphatic carbocycles. The first kappa shape index (κ1) is 10.8. The average Bonchev–Trinajstić information content (AvgIpc) is 2.65. The summed E-state index contributed by atoms with van der Waals surface area (Å²) in [5.74, 6) is 0. The highest BCUT2D eigenvalue weighted by Crippen LogP contribution is 2.38. The number of rotatable bonds is 1. The molecule has 1 atom stereocenters. The highest BCUT2D eigenvalue weighted by atomic mass is 35.5. The molecule has 17 heavy (non-hydrogen) atoms. The summed E-state index contributed by atoms with van der Waals surface area (Å²) >= 11 is 7.87. The van der Waals surface area contributed by atoms with Crippen molar-refractivity contribution in [1.82, 2.24) is 5.32 Å². The smallest absolute Gasteiger partial charge is 0.0981 e. The molecule has 0 spiro atoms. The van der Waals surface area contributed by atoms with E-state index in [0.717, 1.165) is 5.02 Å². The molecule has 86 valence electrons.